The number of hydrogen-bond donors (Lipinski definition) is 1. The number of hydrogen-bond acceptors (Lipinski definition) is 6. The molecule has 1 aliphatic carbocycles. The van der Waals surface area contributed by atoms with Crippen molar-refractivity contribution in [1.29, 1.82) is 0 Å². The van der Waals surface area contributed by atoms with Gasteiger partial charge in [0.1, 0.15) is 11.5 Å². The number of nitrogens with one attached hydrogen (secondary N) is 1. The van der Waals surface area contributed by atoms with Crippen molar-refractivity contribution in [2.75, 3.05) is 5.32 Å². The van der Waals surface area contributed by atoms with Crippen LogP contribution in [0.1, 0.15) is 43.1 Å². The molecule has 1 saturated carbocycles. The summed E-state index contributed by atoms with van der Waals surface area (Å²) in [7, 11) is 0. The van der Waals surface area contributed by atoms with Crippen LogP contribution in [0.5, 0.6) is 0 Å². The number of ether oxygens (including phenoxy) is 1. The number of halogens is 2. The summed E-state index contributed by atoms with van der Waals surface area (Å²) in [6.45, 7) is 2.65. The lowest BCUT2D eigenvalue weighted by Crippen LogP contribution is -2.13. The Morgan fingerprint density at radius 3 is 2.76 bits per heavy atom. The molecule has 1 amide bonds. The van der Waals surface area contributed by atoms with Gasteiger partial charge in [0.05, 0.1) is 23.9 Å². The zero-order valence-corrected chi connectivity index (χ0v) is 18.6. The zero-order chi connectivity index (χ0) is 23.9. The second kappa shape index (κ2) is 8.53. The van der Waals surface area contributed by atoms with E-state index in [2.05, 4.69) is 25.4 Å². The molecule has 10 heteroatoms. The summed E-state index contributed by atoms with van der Waals surface area (Å²) >= 11 is 0. The molecule has 0 aliphatic heterocycles. The number of benzene rings is 1. The summed E-state index contributed by atoms with van der Waals surface area (Å²) in [5, 5.41) is 8.04. The maximum absolute atomic E-state index is 13.9. The molecule has 2 atom stereocenters. The molecule has 2 unspecified atom stereocenters. The first kappa shape index (κ1) is 22.0. The zero-order valence-electron chi connectivity index (χ0n) is 18.6. The minimum absolute atomic E-state index is 0.0117. The highest BCUT2D eigenvalue weighted by Crippen LogP contribution is 2.46. The first-order valence-electron chi connectivity index (χ1n) is 10.8. The Labute approximate surface area is 194 Å². The Hall–Kier alpha value is -3.79. The van der Waals surface area contributed by atoms with Crippen molar-refractivity contribution >= 4 is 22.6 Å². The standard InChI is InChI=1S/C24H22F2N6O2/c1-14(33)29-21-11-18-17(12-28-21)22(16-10-19(16)34-13-15-6-4-3-5-7-15)31-32(18)23-27-9-8-20(30-23)24(2,25)26/h3-9,11-12,16,19H,10,13H2,1-2H3,(H,28,29,33). The highest BCUT2D eigenvalue weighted by molar-refractivity contribution is 5.91. The number of anilines is 1. The lowest BCUT2D eigenvalue weighted by Gasteiger charge is -2.10. The molecule has 34 heavy (non-hydrogen) atoms. The van der Waals surface area contributed by atoms with Crippen molar-refractivity contribution in [3.05, 3.63) is 71.8 Å². The number of pyridine rings is 1. The lowest BCUT2D eigenvalue weighted by molar-refractivity contribution is -0.114. The van der Waals surface area contributed by atoms with Gasteiger partial charge in [-0.1, -0.05) is 30.3 Å². The number of fused-ring (bicyclic) bond motifs is 1. The van der Waals surface area contributed by atoms with Crippen LogP contribution in [0.4, 0.5) is 14.6 Å². The van der Waals surface area contributed by atoms with Crippen LogP contribution >= 0.6 is 0 Å². The van der Waals surface area contributed by atoms with Gasteiger partial charge in [0.25, 0.3) is 11.9 Å². The van der Waals surface area contributed by atoms with Crippen molar-refractivity contribution in [3.8, 4) is 5.95 Å². The lowest BCUT2D eigenvalue weighted by atomic mass is 10.2. The second-order valence-electron chi connectivity index (χ2n) is 8.37. The molecular formula is C24H22F2N6O2. The molecule has 0 spiro atoms. The van der Waals surface area contributed by atoms with Crippen LogP contribution in [0.25, 0.3) is 16.9 Å². The maximum atomic E-state index is 13.9. The van der Waals surface area contributed by atoms with E-state index < -0.39 is 11.6 Å². The smallest absolute Gasteiger partial charge is 0.287 e. The third-order valence-electron chi connectivity index (χ3n) is 5.57. The molecule has 0 radical (unpaired) electrons. The molecule has 1 fully saturated rings. The van der Waals surface area contributed by atoms with Crippen molar-refractivity contribution < 1.29 is 18.3 Å². The molecule has 0 saturated heterocycles. The van der Waals surface area contributed by atoms with Crippen molar-refractivity contribution in [2.24, 2.45) is 0 Å². The minimum atomic E-state index is -3.13. The van der Waals surface area contributed by atoms with E-state index >= 15 is 0 Å². The van der Waals surface area contributed by atoms with E-state index in [4.69, 9.17) is 4.74 Å². The predicted molar refractivity (Wildman–Crippen MR) is 121 cm³/mol. The first-order valence-corrected chi connectivity index (χ1v) is 10.8. The number of nitrogens with zero attached hydrogens (tertiary/aromatic N) is 5. The van der Waals surface area contributed by atoms with Gasteiger partial charge in [0, 0.05) is 43.6 Å². The average Bonchev–Trinajstić information content (AvgIpc) is 3.49. The monoisotopic (exact) mass is 464 g/mol. The predicted octanol–water partition coefficient (Wildman–Crippen LogP) is 4.35. The van der Waals surface area contributed by atoms with Gasteiger partial charge in [-0.25, -0.2) is 15.0 Å². The Morgan fingerprint density at radius 1 is 1.24 bits per heavy atom. The fourth-order valence-corrected chi connectivity index (χ4v) is 3.82. The third-order valence-corrected chi connectivity index (χ3v) is 5.57. The average molecular weight is 464 g/mol. The molecule has 4 aromatic rings. The highest BCUT2D eigenvalue weighted by atomic mass is 19.3. The minimum Gasteiger partial charge on any atom is -0.373 e. The number of carbonyl (C=O) groups is 1. The Balaban J connectivity index is 1.50. The Morgan fingerprint density at radius 2 is 2.03 bits per heavy atom. The fourth-order valence-electron chi connectivity index (χ4n) is 3.82. The molecule has 1 N–H and O–H groups in total. The van der Waals surface area contributed by atoms with Gasteiger partial charge in [-0.05, 0) is 18.1 Å². The molecular weight excluding hydrogens is 442 g/mol. The van der Waals surface area contributed by atoms with Crippen LogP contribution in [0.2, 0.25) is 0 Å². The van der Waals surface area contributed by atoms with Gasteiger partial charge in [0.2, 0.25) is 5.91 Å². The van der Waals surface area contributed by atoms with Gasteiger partial charge < -0.3 is 10.1 Å². The van der Waals surface area contributed by atoms with Gasteiger partial charge in [-0.2, -0.15) is 18.6 Å². The second-order valence-corrected chi connectivity index (χ2v) is 8.37. The normalized spacial score (nSPS) is 17.6. The van der Waals surface area contributed by atoms with Crippen LogP contribution < -0.4 is 5.32 Å². The van der Waals surface area contributed by atoms with Crippen LogP contribution in [0, 0.1) is 0 Å². The molecule has 1 aliphatic rings. The molecule has 3 heterocycles. The van der Waals surface area contributed by atoms with Gasteiger partial charge in [-0.15, -0.1) is 0 Å². The van der Waals surface area contributed by atoms with E-state index in [0.29, 0.717) is 17.9 Å². The van der Waals surface area contributed by atoms with Crippen molar-refractivity contribution in [3.63, 3.8) is 0 Å². The fraction of sp³-hybridized carbons (Fsp3) is 0.292. The summed E-state index contributed by atoms with van der Waals surface area (Å²) in [5.74, 6) is -3.05. The molecule has 1 aromatic carbocycles. The quantitative estimate of drug-likeness (QED) is 0.437. The third kappa shape index (κ3) is 4.49. The summed E-state index contributed by atoms with van der Waals surface area (Å²) in [5.41, 5.74) is 1.96. The Kier molecular flexibility index (Phi) is 5.52. The van der Waals surface area contributed by atoms with E-state index in [-0.39, 0.29) is 23.9 Å². The number of amides is 1. The SMILES string of the molecule is CC(=O)Nc1cc2c(cn1)c(C1CC1OCc1ccccc1)nn2-c1nccc(C(C)(F)F)n1. The van der Waals surface area contributed by atoms with Crippen molar-refractivity contribution in [1.82, 2.24) is 24.7 Å². The van der Waals surface area contributed by atoms with Crippen LogP contribution in [-0.4, -0.2) is 36.7 Å². The van der Waals surface area contributed by atoms with Crippen molar-refractivity contribution in [2.45, 2.75) is 44.8 Å². The largest absolute Gasteiger partial charge is 0.373 e. The number of carbonyl (C=O) groups excluding carboxylic acids is 1. The molecule has 3 aromatic heterocycles. The van der Waals surface area contributed by atoms with E-state index in [1.807, 2.05) is 30.3 Å². The van der Waals surface area contributed by atoms with E-state index in [0.717, 1.165) is 30.0 Å². The molecule has 8 nitrogen and oxygen atoms in total. The summed E-state index contributed by atoms with van der Waals surface area (Å²) in [4.78, 5) is 24.0. The molecule has 0 bridgehead atoms. The topological polar surface area (TPSA) is 94.8 Å². The van der Waals surface area contributed by atoms with E-state index in [9.17, 15) is 13.6 Å². The summed E-state index contributed by atoms with van der Waals surface area (Å²) < 4.78 is 35.3. The number of alkyl halides is 2. The van der Waals surface area contributed by atoms with Crippen LogP contribution in [-0.2, 0) is 22.1 Å². The maximum Gasteiger partial charge on any atom is 0.287 e. The van der Waals surface area contributed by atoms with Crippen LogP contribution in [0.15, 0.2) is 54.9 Å². The summed E-state index contributed by atoms with van der Waals surface area (Å²) in [6, 6.07) is 12.7. The van der Waals surface area contributed by atoms with Gasteiger partial charge >= 0.3 is 0 Å². The number of aromatic nitrogens is 5. The molecule has 5 rings (SSSR count). The highest BCUT2D eigenvalue weighted by Gasteiger charge is 2.43. The van der Waals surface area contributed by atoms with Gasteiger partial charge in [-0.3, -0.25) is 4.79 Å². The van der Waals surface area contributed by atoms with E-state index in [1.165, 1.54) is 23.9 Å². The van der Waals surface area contributed by atoms with Crippen LogP contribution in [0.3, 0.4) is 0 Å². The summed E-state index contributed by atoms with van der Waals surface area (Å²) in [6.07, 6.45) is 3.65. The number of rotatable bonds is 7. The Bertz CT molecular complexity index is 1350. The van der Waals surface area contributed by atoms with Gasteiger partial charge in [0.15, 0.2) is 0 Å². The molecule has 174 valence electrons. The first-order chi connectivity index (χ1) is 16.3. The van der Waals surface area contributed by atoms with E-state index in [1.54, 1.807) is 12.3 Å².